The second-order valence-corrected chi connectivity index (χ2v) is 7.30. The summed E-state index contributed by atoms with van der Waals surface area (Å²) in [7, 11) is -2.58. The Kier molecular flexibility index (Phi) is 5.66. The molecule has 2 rings (SSSR count). The Bertz CT molecular complexity index is 843. The van der Waals surface area contributed by atoms with Crippen LogP contribution < -0.4 is 14.2 Å². The van der Waals surface area contributed by atoms with Gasteiger partial charge in [-0.1, -0.05) is 15.9 Å². The summed E-state index contributed by atoms with van der Waals surface area (Å²) in [5, 5.41) is 0. The van der Waals surface area contributed by atoms with Gasteiger partial charge in [-0.2, -0.15) is 8.78 Å². The average Bonchev–Trinajstić information content (AvgIpc) is 2.49. The number of nitrogens with one attached hydrogen (secondary N) is 1. The number of halogens is 3. The van der Waals surface area contributed by atoms with Crippen LogP contribution in [0.5, 0.6) is 11.5 Å². The van der Waals surface area contributed by atoms with Gasteiger partial charge in [-0.3, -0.25) is 4.72 Å². The number of hydrogen-bond donors (Lipinski definition) is 1. The zero-order valence-corrected chi connectivity index (χ0v) is 15.1. The van der Waals surface area contributed by atoms with Crippen LogP contribution >= 0.6 is 15.9 Å². The molecule has 0 aliphatic rings. The van der Waals surface area contributed by atoms with Crippen molar-refractivity contribution in [1.82, 2.24) is 0 Å². The van der Waals surface area contributed by atoms with E-state index in [0.717, 1.165) is 16.1 Å². The smallest absolute Gasteiger partial charge is 0.387 e. The largest absolute Gasteiger partial charge is 0.493 e. The Morgan fingerprint density at radius 3 is 2.42 bits per heavy atom. The predicted octanol–water partition coefficient (Wildman–Crippen LogP) is 4.17. The maximum absolute atomic E-state index is 12.4. The van der Waals surface area contributed by atoms with Gasteiger partial charge in [0.2, 0.25) is 0 Å². The van der Waals surface area contributed by atoms with Crippen molar-refractivity contribution in [2.24, 2.45) is 0 Å². The third kappa shape index (κ3) is 4.35. The molecule has 0 spiro atoms. The van der Waals surface area contributed by atoms with E-state index in [2.05, 4.69) is 25.4 Å². The number of anilines is 1. The van der Waals surface area contributed by atoms with E-state index in [1.54, 1.807) is 13.0 Å². The second kappa shape index (κ2) is 7.35. The molecule has 0 atom stereocenters. The fourth-order valence-electron chi connectivity index (χ4n) is 1.93. The van der Waals surface area contributed by atoms with E-state index >= 15 is 0 Å². The quantitative estimate of drug-likeness (QED) is 0.759. The van der Waals surface area contributed by atoms with E-state index in [9.17, 15) is 17.2 Å². The van der Waals surface area contributed by atoms with Crippen molar-refractivity contribution in [3.05, 3.63) is 46.4 Å². The molecule has 9 heteroatoms. The van der Waals surface area contributed by atoms with Gasteiger partial charge < -0.3 is 9.47 Å². The maximum atomic E-state index is 12.4. The summed E-state index contributed by atoms with van der Waals surface area (Å²) in [5.41, 5.74) is 0.821. The highest BCUT2D eigenvalue weighted by atomic mass is 79.9. The zero-order chi connectivity index (χ0) is 17.9. The van der Waals surface area contributed by atoms with Crippen molar-refractivity contribution >= 4 is 31.6 Å². The Morgan fingerprint density at radius 1 is 1.12 bits per heavy atom. The molecular formula is C15H14BrF2NO4S. The van der Waals surface area contributed by atoms with Gasteiger partial charge in [0.1, 0.15) is 0 Å². The van der Waals surface area contributed by atoms with E-state index in [-0.39, 0.29) is 22.1 Å². The van der Waals surface area contributed by atoms with Crippen LogP contribution in [0, 0.1) is 6.92 Å². The molecule has 0 bridgehead atoms. The van der Waals surface area contributed by atoms with Crippen LogP contribution in [0.4, 0.5) is 14.5 Å². The normalized spacial score (nSPS) is 11.4. The molecule has 24 heavy (non-hydrogen) atoms. The molecule has 2 aromatic rings. The summed E-state index contributed by atoms with van der Waals surface area (Å²) in [4.78, 5) is 0.0512. The molecule has 0 radical (unpaired) electrons. The molecule has 5 nitrogen and oxygen atoms in total. The number of alkyl halides is 2. The fourth-order valence-corrected chi connectivity index (χ4v) is 3.31. The van der Waals surface area contributed by atoms with Crippen LogP contribution in [0.25, 0.3) is 0 Å². The highest BCUT2D eigenvalue weighted by Crippen LogP contribution is 2.32. The van der Waals surface area contributed by atoms with Gasteiger partial charge in [-0.15, -0.1) is 0 Å². The molecule has 0 aromatic heterocycles. The molecule has 0 saturated carbocycles. The van der Waals surface area contributed by atoms with Gasteiger partial charge in [0.15, 0.2) is 11.5 Å². The first kappa shape index (κ1) is 18.5. The molecule has 0 heterocycles. The van der Waals surface area contributed by atoms with Crippen molar-refractivity contribution in [3.8, 4) is 11.5 Å². The first-order valence-electron chi connectivity index (χ1n) is 6.65. The molecule has 130 valence electrons. The van der Waals surface area contributed by atoms with Crippen LogP contribution in [-0.2, 0) is 10.0 Å². The Hall–Kier alpha value is -1.87. The number of aryl methyl sites for hydroxylation is 1. The van der Waals surface area contributed by atoms with Crippen molar-refractivity contribution in [2.45, 2.75) is 18.4 Å². The number of ether oxygens (including phenoxy) is 2. The SMILES string of the molecule is COc1ccc(NS(=O)(=O)c2ccc(Br)c(C)c2)cc1OC(F)F. The molecule has 1 N–H and O–H groups in total. The van der Waals surface area contributed by atoms with Gasteiger partial charge in [-0.25, -0.2) is 8.42 Å². The van der Waals surface area contributed by atoms with Gasteiger partial charge in [0.05, 0.1) is 17.7 Å². The maximum Gasteiger partial charge on any atom is 0.387 e. The van der Waals surface area contributed by atoms with Gasteiger partial charge in [0.25, 0.3) is 10.0 Å². The lowest BCUT2D eigenvalue weighted by atomic mass is 10.2. The van der Waals surface area contributed by atoms with Crippen molar-refractivity contribution < 1.29 is 26.7 Å². The predicted molar refractivity (Wildman–Crippen MR) is 89.3 cm³/mol. The van der Waals surface area contributed by atoms with Crippen molar-refractivity contribution in [2.75, 3.05) is 11.8 Å². The summed E-state index contributed by atoms with van der Waals surface area (Å²) in [5.74, 6) is -0.197. The molecular weight excluding hydrogens is 408 g/mol. The molecule has 0 amide bonds. The van der Waals surface area contributed by atoms with Crippen LogP contribution in [0.15, 0.2) is 45.8 Å². The fraction of sp³-hybridized carbons (Fsp3) is 0.200. The lowest BCUT2D eigenvalue weighted by molar-refractivity contribution is -0.0511. The monoisotopic (exact) mass is 421 g/mol. The Morgan fingerprint density at radius 2 is 1.83 bits per heavy atom. The van der Waals surface area contributed by atoms with Crippen LogP contribution in [0.2, 0.25) is 0 Å². The second-order valence-electron chi connectivity index (χ2n) is 4.76. The standard InChI is InChI=1S/C15H14BrF2NO4S/c1-9-7-11(4-5-12(9)16)24(20,21)19-10-3-6-13(22-2)14(8-10)23-15(17)18/h3-8,15,19H,1-2H3. The summed E-state index contributed by atoms with van der Waals surface area (Å²) in [6.07, 6.45) is 0. The van der Waals surface area contributed by atoms with Gasteiger partial charge in [0, 0.05) is 10.5 Å². The van der Waals surface area contributed by atoms with E-state index in [0.29, 0.717) is 0 Å². The molecule has 0 saturated heterocycles. The van der Waals surface area contributed by atoms with Crippen molar-refractivity contribution in [1.29, 1.82) is 0 Å². The Balaban J connectivity index is 2.33. The number of hydrogen-bond acceptors (Lipinski definition) is 4. The first-order chi connectivity index (χ1) is 11.2. The van der Waals surface area contributed by atoms with Gasteiger partial charge >= 0.3 is 6.61 Å². The number of benzene rings is 2. The zero-order valence-electron chi connectivity index (χ0n) is 12.7. The lowest BCUT2D eigenvalue weighted by Gasteiger charge is -2.13. The Labute approximate surface area is 146 Å². The molecule has 2 aromatic carbocycles. The summed E-state index contributed by atoms with van der Waals surface area (Å²) in [6, 6.07) is 8.40. The van der Waals surface area contributed by atoms with Gasteiger partial charge in [-0.05, 0) is 42.8 Å². The number of methoxy groups -OCH3 is 1. The highest BCUT2D eigenvalue weighted by Gasteiger charge is 2.17. The van der Waals surface area contributed by atoms with Crippen LogP contribution in [-0.4, -0.2) is 22.1 Å². The number of sulfonamides is 1. The summed E-state index contributed by atoms with van der Waals surface area (Å²) >= 11 is 3.29. The van der Waals surface area contributed by atoms with Crippen LogP contribution in [0.1, 0.15) is 5.56 Å². The molecule has 0 aliphatic carbocycles. The topological polar surface area (TPSA) is 64.6 Å². The third-order valence-corrected chi connectivity index (χ3v) is 5.34. The van der Waals surface area contributed by atoms with Crippen molar-refractivity contribution in [3.63, 3.8) is 0 Å². The van der Waals surface area contributed by atoms with E-state index in [1.165, 1.54) is 31.4 Å². The van der Waals surface area contributed by atoms with Crippen LogP contribution in [0.3, 0.4) is 0 Å². The minimum absolute atomic E-state index is 0.0512. The third-order valence-electron chi connectivity index (χ3n) is 3.07. The summed E-state index contributed by atoms with van der Waals surface area (Å²) < 4.78 is 62.0. The number of rotatable bonds is 6. The summed E-state index contributed by atoms with van der Waals surface area (Å²) in [6.45, 7) is -1.30. The van der Waals surface area contributed by atoms with E-state index in [1.807, 2.05) is 0 Å². The molecule has 0 aliphatic heterocycles. The van der Waals surface area contributed by atoms with E-state index < -0.39 is 16.6 Å². The minimum atomic E-state index is -3.87. The lowest BCUT2D eigenvalue weighted by Crippen LogP contribution is -2.13. The molecule has 0 unspecified atom stereocenters. The minimum Gasteiger partial charge on any atom is -0.493 e. The first-order valence-corrected chi connectivity index (χ1v) is 8.92. The average molecular weight is 422 g/mol. The molecule has 0 fully saturated rings. The highest BCUT2D eigenvalue weighted by molar-refractivity contribution is 9.10. The van der Waals surface area contributed by atoms with E-state index in [4.69, 9.17) is 4.74 Å².